The lowest BCUT2D eigenvalue weighted by atomic mass is 9.99. The van der Waals surface area contributed by atoms with Gasteiger partial charge in [-0.15, -0.1) is 12.4 Å². The van der Waals surface area contributed by atoms with Crippen molar-refractivity contribution in [3.63, 3.8) is 0 Å². The highest BCUT2D eigenvalue weighted by Gasteiger charge is 2.22. The molecule has 2 aliphatic heterocycles. The molecule has 5 nitrogen and oxygen atoms in total. The minimum absolute atomic E-state index is 0. The van der Waals surface area contributed by atoms with Crippen molar-refractivity contribution in [2.45, 2.75) is 39.5 Å². The molecule has 0 bridgehead atoms. The van der Waals surface area contributed by atoms with Crippen LogP contribution in [0, 0.1) is 11.8 Å². The van der Waals surface area contributed by atoms with E-state index < -0.39 is 0 Å². The van der Waals surface area contributed by atoms with Crippen LogP contribution in [0.4, 0.5) is 11.9 Å². The Hall–Kier alpha value is -0.810. The SMILES string of the molecule is CC1CCN(c2nc(Cl)nc(N3CCC(C)CC3)n2)CC1.Cl. The highest BCUT2D eigenvalue weighted by molar-refractivity contribution is 6.28. The van der Waals surface area contributed by atoms with Crippen LogP contribution < -0.4 is 9.80 Å². The van der Waals surface area contributed by atoms with Gasteiger partial charge in [0, 0.05) is 26.2 Å². The summed E-state index contributed by atoms with van der Waals surface area (Å²) in [5, 5.41) is 0.312. The third-order valence-electron chi connectivity index (χ3n) is 4.72. The molecule has 2 fully saturated rings. The molecule has 0 N–H and O–H groups in total. The van der Waals surface area contributed by atoms with E-state index in [9.17, 15) is 0 Å². The Morgan fingerprint density at radius 2 is 1.14 bits per heavy atom. The number of rotatable bonds is 2. The van der Waals surface area contributed by atoms with E-state index in [2.05, 4.69) is 38.6 Å². The molecule has 3 heterocycles. The van der Waals surface area contributed by atoms with Gasteiger partial charge in [0.15, 0.2) is 0 Å². The van der Waals surface area contributed by atoms with Crippen LogP contribution in [0.25, 0.3) is 0 Å². The molecular weight excluding hydrogens is 321 g/mol. The fourth-order valence-electron chi connectivity index (χ4n) is 3.03. The summed E-state index contributed by atoms with van der Waals surface area (Å²) in [6.45, 7) is 8.65. The first-order valence-corrected chi connectivity index (χ1v) is 8.41. The van der Waals surface area contributed by atoms with Crippen molar-refractivity contribution < 1.29 is 0 Å². The Labute approximate surface area is 143 Å². The highest BCUT2D eigenvalue weighted by atomic mass is 35.5. The third-order valence-corrected chi connectivity index (χ3v) is 4.89. The third kappa shape index (κ3) is 4.13. The lowest BCUT2D eigenvalue weighted by molar-refractivity contribution is 0.429. The fourth-order valence-corrected chi connectivity index (χ4v) is 3.18. The molecule has 0 saturated carbocycles. The maximum atomic E-state index is 6.13. The number of nitrogens with zero attached hydrogens (tertiary/aromatic N) is 5. The summed E-state index contributed by atoms with van der Waals surface area (Å²) in [4.78, 5) is 17.8. The van der Waals surface area contributed by atoms with Crippen molar-refractivity contribution in [3.05, 3.63) is 5.28 Å². The van der Waals surface area contributed by atoms with Crippen LogP contribution in [0.15, 0.2) is 0 Å². The van der Waals surface area contributed by atoms with Crippen molar-refractivity contribution in [2.75, 3.05) is 36.0 Å². The van der Waals surface area contributed by atoms with E-state index in [1.165, 1.54) is 25.7 Å². The molecule has 0 aromatic carbocycles. The Bertz CT molecular complexity index is 443. The topological polar surface area (TPSA) is 45.2 Å². The quantitative estimate of drug-likeness (QED) is 0.821. The molecule has 0 spiro atoms. The summed E-state index contributed by atoms with van der Waals surface area (Å²) in [7, 11) is 0. The van der Waals surface area contributed by atoms with E-state index >= 15 is 0 Å². The van der Waals surface area contributed by atoms with Crippen LogP contribution in [-0.2, 0) is 0 Å². The number of piperidine rings is 2. The van der Waals surface area contributed by atoms with Gasteiger partial charge in [-0.1, -0.05) is 13.8 Å². The molecule has 3 rings (SSSR count). The zero-order chi connectivity index (χ0) is 14.8. The van der Waals surface area contributed by atoms with Crippen molar-refractivity contribution in [3.8, 4) is 0 Å². The van der Waals surface area contributed by atoms with Gasteiger partial charge in [0.05, 0.1) is 0 Å². The average molecular weight is 346 g/mol. The van der Waals surface area contributed by atoms with Crippen LogP contribution in [-0.4, -0.2) is 41.1 Å². The summed E-state index contributed by atoms with van der Waals surface area (Å²) < 4.78 is 0. The van der Waals surface area contributed by atoms with Gasteiger partial charge in [0.1, 0.15) is 0 Å². The Morgan fingerprint density at radius 1 is 0.773 bits per heavy atom. The molecule has 0 aliphatic carbocycles. The summed E-state index contributed by atoms with van der Waals surface area (Å²) in [5.41, 5.74) is 0. The lowest BCUT2D eigenvalue weighted by Crippen LogP contribution is -2.37. The standard InChI is InChI=1S/C15H24ClN5.ClH/c1-11-3-7-20(8-4-11)14-17-13(16)18-15(19-14)21-9-5-12(2)6-10-21;/h11-12H,3-10H2,1-2H3;1H. The molecule has 1 aromatic heterocycles. The summed E-state index contributed by atoms with van der Waals surface area (Å²) >= 11 is 6.13. The van der Waals surface area contributed by atoms with Gasteiger partial charge in [-0.25, -0.2) is 0 Å². The van der Waals surface area contributed by atoms with E-state index in [0.717, 1.165) is 49.9 Å². The number of anilines is 2. The first-order chi connectivity index (χ1) is 10.1. The van der Waals surface area contributed by atoms with Gasteiger partial charge in [0.2, 0.25) is 17.2 Å². The van der Waals surface area contributed by atoms with E-state index in [-0.39, 0.29) is 12.4 Å². The molecule has 0 unspecified atom stereocenters. The molecule has 0 atom stereocenters. The predicted molar refractivity (Wildman–Crippen MR) is 93.3 cm³/mol. The largest absolute Gasteiger partial charge is 0.341 e. The van der Waals surface area contributed by atoms with Crippen molar-refractivity contribution in [1.29, 1.82) is 0 Å². The van der Waals surface area contributed by atoms with Gasteiger partial charge in [-0.2, -0.15) is 15.0 Å². The summed E-state index contributed by atoms with van der Waals surface area (Å²) in [6, 6.07) is 0. The second kappa shape index (κ2) is 7.64. The molecule has 2 aliphatic rings. The number of hydrogen-bond acceptors (Lipinski definition) is 5. The number of halogens is 2. The van der Waals surface area contributed by atoms with Gasteiger partial charge < -0.3 is 9.80 Å². The van der Waals surface area contributed by atoms with E-state index in [0.29, 0.717) is 5.28 Å². The van der Waals surface area contributed by atoms with E-state index in [1.807, 2.05) is 0 Å². The monoisotopic (exact) mass is 345 g/mol. The summed E-state index contributed by atoms with van der Waals surface area (Å²) in [5.74, 6) is 3.08. The minimum atomic E-state index is 0. The first kappa shape index (κ1) is 17.5. The molecule has 2 saturated heterocycles. The van der Waals surface area contributed by atoms with Gasteiger partial charge in [0.25, 0.3) is 0 Å². The molecule has 0 radical (unpaired) electrons. The molecule has 22 heavy (non-hydrogen) atoms. The second-order valence-corrected chi connectivity index (χ2v) is 6.88. The zero-order valence-corrected chi connectivity index (χ0v) is 14.9. The maximum Gasteiger partial charge on any atom is 0.231 e. The first-order valence-electron chi connectivity index (χ1n) is 8.03. The van der Waals surface area contributed by atoms with E-state index in [1.54, 1.807) is 0 Å². The smallest absolute Gasteiger partial charge is 0.231 e. The van der Waals surface area contributed by atoms with Crippen LogP contribution in [0.3, 0.4) is 0 Å². The highest BCUT2D eigenvalue weighted by Crippen LogP contribution is 2.25. The van der Waals surface area contributed by atoms with Gasteiger partial charge >= 0.3 is 0 Å². The Balaban J connectivity index is 0.00000176. The molecule has 7 heteroatoms. The van der Waals surface area contributed by atoms with E-state index in [4.69, 9.17) is 11.6 Å². The number of hydrogen-bond donors (Lipinski definition) is 0. The van der Waals surface area contributed by atoms with Gasteiger partial charge in [-0.3, -0.25) is 0 Å². The van der Waals surface area contributed by atoms with Crippen molar-refractivity contribution in [1.82, 2.24) is 15.0 Å². The fraction of sp³-hybridized carbons (Fsp3) is 0.800. The molecule has 124 valence electrons. The van der Waals surface area contributed by atoms with Crippen molar-refractivity contribution >= 4 is 35.9 Å². The van der Waals surface area contributed by atoms with Crippen LogP contribution in [0.5, 0.6) is 0 Å². The molecule has 0 amide bonds. The van der Waals surface area contributed by atoms with Crippen LogP contribution in [0.1, 0.15) is 39.5 Å². The summed E-state index contributed by atoms with van der Waals surface area (Å²) in [6.07, 6.45) is 4.78. The Kier molecular flexibility index (Phi) is 6.09. The second-order valence-electron chi connectivity index (χ2n) is 6.54. The number of aromatic nitrogens is 3. The van der Waals surface area contributed by atoms with Crippen LogP contribution in [0.2, 0.25) is 5.28 Å². The van der Waals surface area contributed by atoms with Crippen LogP contribution >= 0.6 is 24.0 Å². The maximum absolute atomic E-state index is 6.13. The average Bonchev–Trinajstić information content (AvgIpc) is 2.48. The normalized spacial score (nSPS) is 20.9. The van der Waals surface area contributed by atoms with Gasteiger partial charge in [-0.05, 0) is 49.1 Å². The van der Waals surface area contributed by atoms with Crippen molar-refractivity contribution in [2.24, 2.45) is 11.8 Å². The lowest BCUT2D eigenvalue weighted by Gasteiger charge is -2.32. The zero-order valence-electron chi connectivity index (χ0n) is 13.3. The molecular formula is C15H25Cl2N5. The molecule has 1 aromatic rings. The minimum Gasteiger partial charge on any atom is -0.341 e. The predicted octanol–water partition coefficient (Wildman–Crippen LogP) is 3.42. The Morgan fingerprint density at radius 3 is 1.50 bits per heavy atom.